The number of aliphatic carboxylic acids is 1. The molecule has 3 N–H and O–H groups in total. The van der Waals surface area contributed by atoms with Gasteiger partial charge in [0.1, 0.15) is 12.7 Å². The number of carbonyl (C=O) groups is 2. The van der Waals surface area contributed by atoms with Crippen molar-refractivity contribution < 1.29 is 28.9 Å². The zero-order valence-corrected chi connectivity index (χ0v) is 14.0. The van der Waals surface area contributed by atoms with E-state index >= 15 is 0 Å². The van der Waals surface area contributed by atoms with Crippen LogP contribution in [0.5, 0.6) is 0 Å². The van der Waals surface area contributed by atoms with Crippen molar-refractivity contribution in [2.24, 2.45) is 16.6 Å². The predicted molar refractivity (Wildman–Crippen MR) is 79.1 cm³/mol. The maximum absolute atomic E-state index is 12.2. The standard InChI is InChI=1S/C15H27NO6/c1-13(2,8-15(5,9-16)11(17)18)12(19)20-6-10-7-21-14(3,4)22-10/h10H,6-9,16H2,1-5H3,(H,17,18). The average molecular weight is 317 g/mol. The molecule has 2 unspecified atom stereocenters. The van der Waals surface area contributed by atoms with Gasteiger partial charge >= 0.3 is 11.9 Å². The Hall–Kier alpha value is -1.18. The van der Waals surface area contributed by atoms with E-state index in [9.17, 15) is 14.7 Å². The van der Waals surface area contributed by atoms with Crippen molar-refractivity contribution >= 4 is 11.9 Å². The minimum atomic E-state index is -1.17. The molecule has 0 radical (unpaired) electrons. The molecule has 0 aromatic carbocycles. The molecule has 0 aliphatic carbocycles. The lowest BCUT2D eigenvalue weighted by Crippen LogP contribution is -2.43. The minimum absolute atomic E-state index is 0.0488. The fraction of sp³-hybridized carbons (Fsp3) is 0.867. The maximum atomic E-state index is 12.2. The van der Waals surface area contributed by atoms with E-state index < -0.39 is 28.6 Å². The third kappa shape index (κ3) is 4.66. The lowest BCUT2D eigenvalue weighted by molar-refractivity contribution is -0.168. The van der Waals surface area contributed by atoms with Gasteiger partial charge in [-0.2, -0.15) is 0 Å². The molecule has 1 aliphatic heterocycles. The Kier molecular flexibility index (Phi) is 5.59. The first-order chi connectivity index (χ1) is 9.92. The van der Waals surface area contributed by atoms with Crippen LogP contribution in [0.4, 0.5) is 0 Å². The zero-order valence-electron chi connectivity index (χ0n) is 14.0. The number of rotatable bonds is 7. The smallest absolute Gasteiger partial charge is 0.311 e. The van der Waals surface area contributed by atoms with Gasteiger partial charge in [-0.05, 0) is 41.0 Å². The maximum Gasteiger partial charge on any atom is 0.311 e. The van der Waals surface area contributed by atoms with Gasteiger partial charge in [-0.1, -0.05) is 0 Å². The fourth-order valence-corrected chi connectivity index (χ4v) is 2.49. The van der Waals surface area contributed by atoms with Crippen molar-refractivity contribution in [3.63, 3.8) is 0 Å². The van der Waals surface area contributed by atoms with E-state index in [1.807, 2.05) is 0 Å². The van der Waals surface area contributed by atoms with Gasteiger partial charge < -0.3 is 25.1 Å². The second-order valence-electron chi connectivity index (χ2n) is 7.18. The summed E-state index contributed by atoms with van der Waals surface area (Å²) in [6, 6.07) is 0. The molecular weight excluding hydrogens is 290 g/mol. The number of carboxylic acids is 1. The molecule has 0 bridgehead atoms. The summed E-state index contributed by atoms with van der Waals surface area (Å²) in [4.78, 5) is 23.6. The van der Waals surface area contributed by atoms with Gasteiger partial charge in [0.2, 0.25) is 0 Å². The molecule has 1 aliphatic rings. The molecular formula is C15H27NO6. The van der Waals surface area contributed by atoms with Crippen molar-refractivity contribution in [1.29, 1.82) is 0 Å². The van der Waals surface area contributed by atoms with Crippen LogP contribution in [0, 0.1) is 10.8 Å². The van der Waals surface area contributed by atoms with E-state index in [2.05, 4.69) is 0 Å². The van der Waals surface area contributed by atoms with Gasteiger partial charge in [0.25, 0.3) is 0 Å². The highest BCUT2D eigenvalue weighted by Gasteiger charge is 2.43. The molecule has 1 rings (SSSR count). The summed E-state index contributed by atoms with van der Waals surface area (Å²) in [5.74, 6) is -2.17. The quantitative estimate of drug-likeness (QED) is 0.678. The monoisotopic (exact) mass is 317 g/mol. The molecule has 0 amide bonds. The van der Waals surface area contributed by atoms with E-state index in [4.69, 9.17) is 19.9 Å². The molecule has 1 saturated heterocycles. The fourth-order valence-electron chi connectivity index (χ4n) is 2.49. The largest absolute Gasteiger partial charge is 0.481 e. The summed E-state index contributed by atoms with van der Waals surface area (Å²) in [6.07, 6.45) is -0.215. The number of nitrogens with two attached hydrogens (primary N) is 1. The van der Waals surface area contributed by atoms with E-state index in [0.717, 1.165) is 0 Å². The predicted octanol–water partition coefficient (Wildman–Crippen LogP) is 1.15. The third-order valence-corrected chi connectivity index (χ3v) is 3.82. The third-order valence-electron chi connectivity index (χ3n) is 3.82. The highest BCUT2D eigenvalue weighted by molar-refractivity contribution is 5.79. The Bertz CT molecular complexity index is 434. The Morgan fingerprint density at radius 2 is 1.95 bits per heavy atom. The van der Waals surface area contributed by atoms with E-state index in [0.29, 0.717) is 6.61 Å². The topological polar surface area (TPSA) is 108 Å². The van der Waals surface area contributed by atoms with Crippen LogP contribution in [0.15, 0.2) is 0 Å². The van der Waals surface area contributed by atoms with Gasteiger partial charge in [-0.15, -0.1) is 0 Å². The van der Waals surface area contributed by atoms with Gasteiger partial charge in [0, 0.05) is 6.54 Å². The summed E-state index contributed by atoms with van der Waals surface area (Å²) in [6.45, 7) is 8.81. The van der Waals surface area contributed by atoms with Crippen LogP contribution in [-0.4, -0.2) is 48.7 Å². The Balaban J connectivity index is 2.58. The summed E-state index contributed by atoms with van der Waals surface area (Å²) >= 11 is 0. The second kappa shape index (κ2) is 6.52. The van der Waals surface area contributed by atoms with Crippen LogP contribution in [0.2, 0.25) is 0 Å². The molecule has 0 aromatic heterocycles. The van der Waals surface area contributed by atoms with E-state index in [1.54, 1.807) is 27.7 Å². The Morgan fingerprint density at radius 3 is 2.36 bits per heavy atom. The normalized spacial score (nSPS) is 23.8. The van der Waals surface area contributed by atoms with Gasteiger partial charge in [0.15, 0.2) is 5.79 Å². The Morgan fingerprint density at radius 1 is 1.36 bits per heavy atom. The van der Waals surface area contributed by atoms with Crippen molar-refractivity contribution in [2.45, 2.75) is 52.9 Å². The molecule has 22 heavy (non-hydrogen) atoms. The molecule has 0 spiro atoms. The summed E-state index contributed by atoms with van der Waals surface area (Å²) in [7, 11) is 0. The van der Waals surface area contributed by atoms with Crippen LogP contribution < -0.4 is 5.73 Å². The number of esters is 1. The minimum Gasteiger partial charge on any atom is -0.481 e. The number of hydrogen-bond acceptors (Lipinski definition) is 6. The van der Waals surface area contributed by atoms with Gasteiger partial charge in [-0.25, -0.2) is 0 Å². The van der Waals surface area contributed by atoms with Crippen molar-refractivity contribution in [1.82, 2.24) is 0 Å². The molecule has 7 heteroatoms. The highest BCUT2D eigenvalue weighted by Crippen LogP contribution is 2.35. The molecule has 1 fully saturated rings. The number of hydrogen-bond donors (Lipinski definition) is 2. The van der Waals surface area contributed by atoms with Crippen molar-refractivity contribution in [3.05, 3.63) is 0 Å². The summed E-state index contributed by atoms with van der Waals surface area (Å²) in [5.41, 5.74) is 3.42. The van der Waals surface area contributed by atoms with Crippen molar-refractivity contribution in [3.8, 4) is 0 Å². The molecule has 0 saturated carbocycles. The zero-order chi connectivity index (χ0) is 17.2. The second-order valence-corrected chi connectivity index (χ2v) is 7.18. The summed E-state index contributed by atoms with van der Waals surface area (Å²) in [5, 5.41) is 9.27. The lowest BCUT2D eigenvalue weighted by atomic mass is 9.74. The Labute approximate surface area is 131 Å². The molecule has 1 heterocycles. The van der Waals surface area contributed by atoms with E-state index in [-0.39, 0.29) is 25.7 Å². The van der Waals surface area contributed by atoms with Gasteiger partial charge in [0.05, 0.1) is 17.4 Å². The van der Waals surface area contributed by atoms with Crippen LogP contribution in [-0.2, 0) is 23.8 Å². The SMILES string of the molecule is CC1(C)OCC(COC(=O)C(C)(C)CC(C)(CN)C(=O)O)O1. The van der Waals surface area contributed by atoms with Crippen LogP contribution in [0.1, 0.15) is 41.0 Å². The van der Waals surface area contributed by atoms with E-state index in [1.165, 1.54) is 6.92 Å². The van der Waals surface area contributed by atoms with Crippen LogP contribution >= 0.6 is 0 Å². The highest BCUT2D eigenvalue weighted by atomic mass is 16.7. The average Bonchev–Trinajstić information content (AvgIpc) is 2.74. The first kappa shape index (κ1) is 18.9. The number of ether oxygens (including phenoxy) is 3. The first-order valence-corrected chi connectivity index (χ1v) is 7.34. The lowest BCUT2D eigenvalue weighted by Gasteiger charge is -2.32. The molecule has 0 aromatic rings. The number of carboxylic acid groups (broad SMARTS) is 1. The van der Waals surface area contributed by atoms with Gasteiger partial charge in [-0.3, -0.25) is 9.59 Å². The summed E-state index contributed by atoms with van der Waals surface area (Å²) < 4.78 is 16.2. The number of carbonyl (C=O) groups excluding carboxylic acids is 1. The van der Waals surface area contributed by atoms with Crippen LogP contribution in [0.3, 0.4) is 0 Å². The molecule has 7 nitrogen and oxygen atoms in total. The van der Waals surface area contributed by atoms with Crippen LogP contribution in [0.25, 0.3) is 0 Å². The van der Waals surface area contributed by atoms with Crippen molar-refractivity contribution in [2.75, 3.05) is 19.8 Å². The molecule has 128 valence electrons. The molecule has 2 atom stereocenters. The first-order valence-electron chi connectivity index (χ1n) is 7.34.